The number of halogens is 1. The van der Waals surface area contributed by atoms with E-state index < -0.39 is 5.69 Å². The maximum Gasteiger partial charge on any atom is 0.332 e. The summed E-state index contributed by atoms with van der Waals surface area (Å²) in [6, 6.07) is 6.25. The first-order valence-corrected chi connectivity index (χ1v) is 11.3. The number of fused-ring (bicyclic) bond motifs is 1. The highest BCUT2D eigenvalue weighted by Gasteiger charge is 2.26. The summed E-state index contributed by atoms with van der Waals surface area (Å²) in [7, 11) is 1.49. The minimum absolute atomic E-state index is 0.0407. The molecule has 0 spiro atoms. The maximum atomic E-state index is 13.3. The molecular formula is C24H31FN6O2. The van der Waals surface area contributed by atoms with E-state index in [-0.39, 0.29) is 17.4 Å². The average Bonchev–Trinajstić information content (AvgIpc) is 3.16. The molecule has 4 rings (SSSR count). The fraction of sp³-hybridized carbons (Fsp3) is 0.458. The van der Waals surface area contributed by atoms with Crippen LogP contribution in [0.15, 0.2) is 45.5 Å². The summed E-state index contributed by atoms with van der Waals surface area (Å²) in [6.45, 7) is 6.27. The number of imidazole rings is 1. The molecule has 2 N–H and O–H groups in total. The lowest BCUT2D eigenvalue weighted by Gasteiger charge is -2.31. The molecule has 0 aliphatic carbocycles. The van der Waals surface area contributed by atoms with Crippen LogP contribution in [0, 0.1) is 5.82 Å². The smallest absolute Gasteiger partial charge is 0.332 e. The molecule has 0 amide bonds. The predicted octanol–water partition coefficient (Wildman–Crippen LogP) is 2.17. The first-order chi connectivity index (χ1) is 15.8. The van der Waals surface area contributed by atoms with Crippen molar-refractivity contribution in [3.05, 3.63) is 68.1 Å². The van der Waals surface area contributed by atoms with Crippen molar-refractivity contribution in [2.45, 2.75) is 52.2 Å². The van der Waals surface area contributed by atoms with Crippen LogP contribution in [0.5, 0.6) is 0 Å². The Bertz CT molecular complexity index is 1300. The number of piperidine rings is 1. The van der Waals surface area contributed by atoms with Gasteiger partial charge in [0.25, 0.3) is 5.56 Å². The largest absolute Gasteiger partial charge is 0.341 e. The third-order valence-electron chi connectivity index (χ3n) is 6.17. The molecule has 0 radical (unpaired) electrons. The van der Waals surface area contributed by atoms with Crippen molar-refractivity contribution in [1.82, 2.24) is 18.7 Å². The molecule has 33 heavy (non-hydrogen) atoms. The summed E-state index contributed by atoms with van der Waals surface area (Å²) >= 11 is 0. The van der Waals surface area contributed by atoms with Gasteiger partial charge in [-0.05, 0) is 50.8 Å². The van der Waals surface area contributed by atoms with Gasteiger partial charge in [0, 0.05) is 39.3 Å². The van der Waals surface area contributed by atoms with Crippen molar-refractivity contribution >= 4 is 17.1 Å². The van der Waals surface area contributed by atoms with E-state index >= 15 is 0 Å². The molecule has 9 heteroatoms. The Morgan fingerprint density at radius 1 is 1.21 bits per heavy atom. The van der Waals surface area contributed by atoms with Crippen LogP contribution in [-0.4, -0.2) is 37.8 Å². The number of aromatic nitrogens is 4. The Kier molecular flexibility index (Phi) is 6.51. The van der Waals surface area contributed by atoms with Crippen molar-refractivity contribution in [3.8, 4) is 0 Å². The van der Waals surface area contributed by atoms with E-state index in [1.807, 2.05) is 24.5 Å². The lowest BCUT2D eigenvalue weighted by atomic mass is 10.1. The van der Waals surface area contributed by atoms with Crippen LogP contribution < -0.4 is 21.9 Å². The molecule has 1 aromatic carbocycles. The summed E-state index contributed by atoms with van der Waals surface area (Å²) < 4.78 is 17.9. The van der Waals surface area contributed by atoms with Crippen molar-refractivity contribution in [1.29, 1.82) is 0 Å². The number of nitrogens with two attached hydrogens (primary N) is 1. The number of allylic oxidation sites excluding steroid dienone is 2. The molecule has 0 saturated carbocycles. The van der Waals surface area contributed by atoms with Crippen LogP contribution in [0.3, 0.4) is 0 Å². The molecular weight excluding hydrogens is 423 g/mol. The van der Waals surface area contributed by atoms with E-state index in [0.29, 0.717) is 43.2 Å². The molecule has 1 aliphatic rings. The number of nitrogens with zero attached hydrogens (tertiary/aromatic N) is 5. The molecule has 1 fully saturated rings. The fourth-order valence-corrected chi connectivity index (χ4v) is 4.32. The van der Waals surface area contributed by atoms with Gasteiger partial charge in [0.05, 0.1) is 0 Å². The highest BCUT2D eigenvalue weighted by molar-refractivity contribution is 5.75. The molecule has 8 nitrogen and oxygen atoms in total. The zero-order chi connectivity index (χ0) is 23.7. The summed E-state index contributed by atoms with van der Waals surface area (Å²) in [5.74, 6) is 0.360. The molecule has 176 valence electrons. The Labute approximate surface area is 191 Å². The number of anilines is 1. The third kappa shape index (κ3) is 4.64. The van der Waals surface area contributed by atoms with Crippen LogP contribution in [-0.2, 0) is 26.6 Å². The molecule has 1 atom stereocenters. The van der Waals surface area contributed by atoms with E-state index in [1.54, 1.807) is 16.7 Å². The van der Waals surface area contributed by atoms with E-state index in [2.05, 4.69) is 4.90 Å². The molecule has 0 bridgehead atoms. The lowest BCUT2D eigenvalue weighted by molar-refractivity contribution is 0.495. The van der Waals surface area contributed by atoms with Crippen LogP contribution in [0.25, 0.3) is 11.2 Å². The minimum atomic E-state index is -0.414. The zero-order valence-corrected chi connectivity index (χ0v) is 19.4. The molecule has 2 aromatic heterocycles. The Morgan fingerprint density at radius 2 is 1.94 bits per heavy atom. The molecule has 1 saturated heterocycles. The number of hydrogen-bond donors (Lipinski definition) is 1. The Hall–Kier alpha value is -3.20. The van der Waals surface area contributed by atoms with Gasteiger partial charge >= 0.3 is 5.69 Å². The van der Waals surface area contributed by atoms with Gasteiger partial charge in [0.2, 0.25) is 5.95 Å². The van der Waals surface area contributed by atoms with Gasteiger partial charge in [-0.1, -0.05) is 23.8 Å². The van der Waals surface area contributed by atoms with Gasteiger partial charge in [0.15, 0.2) is 11.2 Å². The first-order valence-electron chi connectivity index (χ1n) is 11.3. The van der Waals surface area contributed by atoms with E-state index in [1.165, 1.54) is 19.2 Å². The number of rotatable bonds is 6. The molecule has 3 heterocycles. The standard InChI is InChI=1S/C24H31FN6O2/c1-16(2)10-13-30-20-21(27-23(30)29-12-4-5-19(26)15-29)31(24(33)28(3)22(20)32)14-11-17-6-8-18(25)9-7-17/h6-10,19H,4-5,11-15,26H2,1-3H3. The van der Waals surface area contributed by atoms with Crippen LogP contribution >= 0.6 is 0 Å². The van der Waals surface area contributed by atoms with Gasteiger partial charge < -0.3 is 15.2 Å². The first kappa shape index (κ1) is 23.0. The predicted molar refractivity (Wildman–Crippen MR) is 128 cm³/mol. The van der Waals surface area contributed by atoms with Gasteiger partial charge in [-0.25, -0.2) is 9.18 Å². The topological polar surface area (TPSA) is 91.1 Å². The Morgan fingerprint density at radius 3 is 2.61 bits per heavy atom. The van der Waals surface area contributed by atoms with Crippen molar-refractivity contribution in [2.75, 3.05) is 18.0 Å². The second-order valence-electron chi connectivity index (χ2n) is 9.00. The minimum Gasteiger partial charge on any atom is -0.341 e. The van der Waals surface area contributed by atoms with E-state index in [0.717, 1.165) is 35.1 Å². The van der Waals surface area contributed by atoms with Crippen LogP contribution in [0.2, 0.25) is 0 Å². The van der Waals surface area contributed by atoms with Gasteiger partial charge in [-0.2, -0.15) is 4.98 Å². The van der Waals surface area contributed by atoms with Crippen molar-refractivity contribution in [3.63, 3.8) is 0 Å². The second kappa shape index (κ2) is 9.35. The van der Waals surface area contributed by atoms with Crippen LogP contribution in [0.4, 0.5) is 10.3 Å². The summed E-state index contributed by atoms with van der Waals surface area (Å²) in [4.78, 5) is 33.2. The number of benzene rings is 1. The summed E-state index contributed by atoms with van der Waals surface area (Å²) in [6.07, 6.45) is 4.46. The van der Waals surface area contributed by atoms with E-state index in [4.69, 9.17) is 10.7 Å². The number of aryl methyl sites for hydroxylation is 2. The van der Waals surface area contributed by atoms with Crippen LogP contribution in [0.1, 0.15) is 32.3 Å². The normalized spacial score (nSPS) is 16.4. The van der Waals surface area contributed by atoms with Crippen molar-refractivity contribution in [2.24, 2.45) is 12.8 Å². The zero-order valence-electron chi connectivity index (χ0n) is 19.4. The average molecular weight is 455 g/mol. The maximum absolute atomic E-state index is 13.3. The number of hydrogen-bond acceptors (Lipinski definition) is 5. The van der Waals surface area contributed by atoms with E-state index in [9.17, 15) is 14.0 Å². The van der Waals surface area contributed by atoms with Gasteiger partial charge in [0.1, 0.15) is 5.82 Å². The Balaban J connectivity index is 1.86. The second-order valence-corrected chi connectivity index (χ2v) is 9.00. The van der Waals surface area contributed by atoms with Crippen molar-refractivity contribution < 1.29 is 4.39 Å². The fourth-order valence-electron chi connectivity index (χ4n) is 4.32. The molecule has 1 aliphatic heterocycles. The third-order valence-corrected chi connectivity index (χ3v) is 6.17. The lowest BCUT2D eigenvalue weighted by Crippen LogP contribution is -2.44. The SMILES string of the molecule is CC(C)=CCn1c(N2CCCC(N)C2)nc2c1c(=O)n(C)c(=O)n2CCc1ccc(F)cc1. The highest BCUT2D eigenvalue weighted by atomic mass is 19.1. The summed E-state index contributed by atoms with van der Waals surface area (Å²) in [5.41, 5.74) is 8.25. The molecule has 3 aromatic rings. The quantitative estimate of drug-likeness (QED) is 0.577. The summed E-state index contributed by atoms with van der Waals surface area (Å²) in [5, 5.41) is 0. The highest BCUT2D eigenvalue weighted by Crippen LogP contribution is 2.23. The monoisotopic (exact) mass is 454 g/mol. The van der Waals surface area contributed by atoms with Gasteiger partial charge in [-0.15, -0.1) is 0 Å². The molecule has 1 unspecified atom stereocenters. The van der Waals surface area contributed by atoms with Gasteiger partial charge in [-0.3, -0.25) is 13.9 Å².